The van der Waals surface area contributed by atoms with Crippen LogP contribution < -0.4 is 10.1 Å². The number of hydrogen-bond acceptors (Lipinski definition) is 4. The van der Waals surface area contributed by atoms with Gasteiger partial charge in [0.1, 0.15) is 17.1 Å². The molecular weight excluding hydrogens is 315 g/mol. The van der Waals surface area contributed by atoms with Gasteiger partial charge in [0.2, 0.25) is 5.91 Å². The number of thiazole rings is 1. The Hall–Kier alpha value is -2.47. The SMILES string of the molecule is COc1ccc(C)c2sc(NC(=O)Cc3ccc(F)cc3)nc12. The number of nitrogens with zero attached hydrogens (tertiary/aromatic N) is 1. The number of methoxy groups -OCH3 is 1. The maximum Gasteiger partial charge on any atom is 0.230 e. The summed E-state index contributed by atoms with van der Waals surface area (Å²) in [4.78, 5) is 16.6. The predicted molar refractivity (Wildman–Crippen MR) is 89.6 cm³/mol. The highest BCUT2D eigenvalue weighted by Crippen LogP contribution is 2.34. The molecule has 0 aliphatic carbocycles. The van der Waals surface area contributed by atoms with Crippen molar-refractivity contribution >= 4 is 32.6 Å². The van der Waals surface area contributed by atoms with Gasteiger partial charge in [-0.2, -0.15) is 0 Å². The van der Waals surface area contributed by atoms with E-state index in [2.05, 4.69) is 10.3 Å². The van der Waals surface area contributed by atoms with Crippen molar-refractivity contribution in [3.05, 3.63) is 53.3 Å². The summed E-state index contributed by atoms with van der Waals surface area (Å²) < 4.78 is 19.2. The van der Waals surface area contributed by atoms with Gasteiger partial charge in [0.15, 0.2) is 5.13 Å². The number of halogens is 1. The second kappa shape index (κ2) is 6.34. The standard InChI is InChI=1S/C17H15FN2O2S/c1-10-3-8-13(22-2)15-16(10)23-17(20-15)19-14(21)9-11-4-6-12(18)7-5-11/h3-8H,9H2,1-2H3,(H,19,20,21). The van der Waals surface area contributed by atoms with Gasteiger partial charge < -0.3 is 10.1 Å². The molecule has 4 nitrogen and oxygen atoms in total. The zero-order valence-electron chi connectivity index (χ0n) is 12.7. The molecule has 0 atom stereocenters. The Morgan fingerprint density at radius 1 is 1.26 bits per heavy atom. The van der Waals surface area contributed by atoms with Crippen LogP contribution >= 0.6 is 11.3 Å². The fourth-order valence-corrected chi connectivity index (χ4v) is 3.25. The molecule has 0 aliphatic rings. The van der Waals surface area contributed by atoms with Gasteiger partial charge in [-0.1, -0.05) is 29.5 Å². The van der Waals surface area contributed by atoms with Crippen LogP contribution in [0.3, 0.4) is 0 Å². The van der Waals surface area contributed by atoms with E-state index in [0.717, 1.165) is 21.3 Å². The zero-order valence-corrected chi connectivity index (χ0v) is 13.5. The van der Waals surface area contributed by atoms with Gasteiger partial charge in [0.05, 0.1) is 18.2 Å². The van der Waals surface area contributed by atoms with Crippen molar-refractivity contribution in [2.45, 2.75) is 13.3 Å². The lowest BCUT2D eigenvalue weighted by atomic mass is 10.1. The van der Waals surface area contributed by atoms with E-state index in [9.17, 15) is 9.18 Å². The summed E-state index contributed by atoms with van der Waals surface area (Å²) in [6.07, 6.45) is 0.173. The van der Waals surface area contributed by atoms with Crippen LogP contribution in [0.25, 0.3) is 10.2 Å². The van der Waals surface area contributed by atoms with Gasteiger partial charge in [-0.05, 0) is 36.2 Å². The van der Waals surface area contributed by atoms with Gasteiger partial charge in [-0.3, -0.25) is 4.79 Å². The highest BCUT2D eigenvalue weighted by molar-refractivity contribution is 7.22. The lowest BCUT2D eigenvalue weighted by Gasteiger charge is -2.02. The van der Waals surface area contributed by atoms with Gasteiger partial charge in [0.25, 0.3) is 0 Å². The van der Waals surface area contributed by atoms with Crippen LogP contribution in [0.4, 0.5) is 9.52 Å². The van der Waals surface area contributed by atoms with E-state index in [1.54, 1.807) is 19.2 Å². The summed E-state index contributed by atoms with van der Waals surface area (Å²) in [7, 11) is 1.59. The van der Waals surface area contributed by atoms with Crippen LogP contribution in [-0.2, 0) is 11.2 Å². The number of fused-ring (bicyclic) bond motifs is 1. The Kier molecular flexibility index (Phi) is 4.25. The molecule has 0 spiro atoms. The number of nitrogens with one attached hydrogen (secondary N) is 1. The average molecular weight is 330 g/mol. The number of anilines is 1. The Morgan fingerprint density at radius 3 is 2.70 bits per heavy atom. The second-order valence-electron chi connectivity index (χ2n) is 5.13. The molecule has 1 aromatic heterocycles. The molecule has 0 bridgehead atoms. The first-order chi connectivity index (χ1) is 11.1. The quantitative estimate of drug-likeness (QED) is 0.788. The van der Waals surface area contributed by atoms with Gasteiger partial charge in [-0.15, -0.1) is 0 Å². The number of aromatic nitrogens is 1. The highest BCUT2D eigenvalue weighted by Gasteiger charge is 2.13. The number of carbonyl (C=O) groups is 1. The third-order valence-electron chi connectivity index (χ3n) is 3.45. The highest BCUT2D eigenvalue weighted by atomic mass is 32.1. The number of hydrogen-bond donors (Lipinski definition) is 1. The van der Waals surface area contributed by atoms with Crippen LogP contribution in [0, 0.1) is 12.7 Å². The minimum absolute atomic E-state index is 0.173. The summed E-state index contributed by atoms with van der Waals surface area (Å²) in [5.74, 6) is 0.177. The van der Waals surface area contributed by atoms with E-state index in [-0.39, 0.29) is 18.1 Å². The van der Waals surface area contributed by atoms with E-state index < -0.39 is 0 Å². The molecule has 23 heavy (non-hydrogen) atoms. The smallest absolute Gasteiger partial charge is 0.230 e. The lowest BCUT2D eigenvalue weighted by Crippen LogP contribution is -2.14. The number of carbonyl (C=O) groups excluding carboxylic acids is 1. The minimum atomic E-state index is -0.317. The Balaban J connectivity index is 1.79. The summed E-state index contributed by atoms with van der Waals surface area (Å²) in [5.41, 5.74) is 2.57. The van der Waals surface area contributed by atoms with Crippen molar-refractivity contribution in [3.63, 3.8) is 0 Å². The van der Waals surface area contributed by atoms with Crippen LogP contribution in [-0.4, -0.2) is 18.0 Å². The molecule has 118 valence electrons. The van der Waals surface area contributed by atoms with E-state index in [0.29, 0.717) is 10.9 Å². The fourth-order valence-electron chi connectivity index (χ4n) is 2.28. The zero-order chi connectivity index (χ0) is 16.4. The second-order valence-corrected chi connectivity index (χ2v) is 6.13. The maximum absolute atomic E-state index is 12.9. The number of aryl methyl sites for hydroxylation is 1. The molecule has 6 heteroatoms. The first-order valence-corrected chi connectivity index (χ1v) is 7.87. The monoisotopic (exact) mass is 330 g/mol. The Labute approximate surface area is 136 Å². The number of benzene rings is 2. The molecule has 1 amide bonds. The van der Waals surface area contributed by atoms with Crippen molar-refractivity contribution in [1.82, 2.24) is 4.98 Å². The predicted octanol–water partition coefficient (Wildman–Crippen LogP) is 3.93. The molecule has 0 radical (unpaired) electrons. The minimum Gasteiger partial charge on any atom is -0.494 e. The molecule has 0 saturated heterocycles. The molecule has 3 rings (SSSR count). The third-order valence-corrected chi connectivity index (χ3v) is 4.55. The largest absolute Gasteiger partial charge is 0.494 e. The summed E-state index contributed by atoms with van der Waals surface area (Å²) in [6.45, 7) is 1.99. The lowest BCUT2D eigenvalue weighted by molar-refractivity contribution is -0.115. The van der Waals surface area contributed by atoms with Crippen molar-refractivity contribution in [1.29, 1.82) is 0 Å². The van der Waals surface area contributed by atoms with Crippen LogP contribution in [0.15, 0.2) is 36.4 Å². The van der Waals surface area contributed by atoms with Crippen molar-refractivity contribution in [2.75, 3.05) is 12.4 Å². The van der Waals surface area contributed by atoms with Crippen LogP contribution in [0.1, 0.15) is 11.1 Å². The Morgan fingerprint density at radius 2 is 2.00 bits per heavy atom. The molecule has 1 heterocycles. The molecular formula is C17H15FN2O2S. The first-order valence-electron chi connectivity index (χ1n) is 7.05. The van der Waals surface area contributed by atoms with Gasteiger partial charge in [0, 0.05) is 0 Å². The van der Waals surface area contributed by atoms with E-state index in [4.69, 9.17) is 4.74 Å². The molecule has 0 unspecified atom stereocenters. The third kappa shape index (κ3) is 3.32. The van der Waals surface area contributed by atoms with E-state index in [1.165, 1.54) is 23.5 Å². The molecule has 0 saturated carbocycles. The first kappa shape index (κ1) is 15.4. The number of ether oxygens (including phenoxy) is 1. The van der Waals surface area contributed by atoms with Crippen LogP contribution in [0.5, 0.6) is 5.75 Å². The maximum atomic E-state index is 12.9. The van der Waals surface area contributed by atoms with Gasteiger partial charge in [-0.25, -0.2) is 9.37 Å². The van der Waals surface area contributed by atoms with Crippen LogP contribution in [0.2, 0.25) is 0 Å². The molecule has 1 N–H and O–H groups in total. The molecule has 0 fully saturated rings. The Bertz CT molecular complexity index is 859. The molecule has 0 aliphatic heterocycles. The fraction of sp³-hybridized carbons (Fsp3) is 0.176. The van der Waals surface area contributed by atoms with Crippen molar-refractivity contribution in [2.24, 2.45) is 0 Å². The van der Waals surface area contributed by atoms with Gasteiger partial charge >= 0.3 is 0 Å². The van der Waals surface area contributed by atoms with E-state index >= 15 is 0 Å². The van der Waals surface area contributed by atoms with Crippen molar-refractivity contribution < 1.29 is 13.9 Å². The topological polar surface area (TPSA) is 51.2 Å². The summed E-state index contributed by atoms with van der Waals surface area (Å²) in [6, 6.07) is 9.70. The van der Waals surface area contributed by atoms with Crippen molar-refractivity contribution in [3.8, 4) is 5.75 Å². The number of amides is 1. The average Bonchev–Trinajstić information content (AvgIpc) is 2.94. The number of rotatable bonds is 4. The molecule has 2 aromatic carbocycles. The summed E-state index contributed by atoms with van der Waals surface area (Å²) >= 11 is 1.41. The normalized spacial score (nSPS) is 10.7. The summed E-state index contributed by atoms with van der Waals surface area (Å²) in [5, 5.41) is 3.32. The molecule has 3 aromatic rings. The van der Waals surface area contributed by atoms with E-state index in [1.807, 2.05) is 19.1 Å².